The summed E-state index contributed by atoms with van der Waals surface area (Å²) in [6.07, 6.45) is 6.20. The molecule has 0 radical (unpaired) electrons. The van der Waals surface area contributed by atoms with E-state index in [0.717, 1.165) is 43.4 Å². The molecule has 1 N–H and O–H groups in total. The zero-order valence-electron chi connectivity index (χ0n) is 13.2. The number of amides is 1. The molecule has 23 heavy (non-hydrogen) atoms. The number of para-hydroxylation sites is 1. The molecule has 1 aromatic carbocycles. The molecule has 0 unspecified atom stereocenters. The molecule has 122 valence electrons. The van der Waals surface area contributed by atoms with E-state index in [-0.39, 0.29) is 5.91 Å². The summed E-state index contributed by atoms with van der Waals surface area (Å²) in [4.78, 5) is 12.9. The van der Waals surface area contributed by atoms with Gasteiger partial charge in [0.25, 0.3) is 0 Å². The van der Waals surface area contributed by atoms with Gasteiger partial charge in [0, 0.05) is 12.1 Å². The number of rotatable bonds is 5. The summed E-state index contributed by atoms with van der Waals surface area (Å²) in [5, 5.41) is 14.4. The predicted octanol–water partition coefficient (Wildman–Crippen LogP) is 1.66. The summed E-state index contributed by atoms with van der Waals surface area (Å²) in [6, 6.07) is 7.68. The molecule has 1 aromatic heterocycles. The molecule has 0 spiro atoms. The van der Waals surface area contributed by atoms with Crippen molar-refractivity contribution in [3.63, 3.8) is 0 Å². The third kappa shape index (κ3) is 3.04. The first kappa shape index (κ1) is 15.5. The van der Waals surface area contributed by atoms with E-state index in [4.69, 9.17) is 4.74 Å². The average molecular weight is 315 g/mol. The van der Waals surface area contributed by atoms with Gasteiger partial charge in [0.1, 0.15) is 17.6 Å². The fourth-order valence-corrected chi connectivity index (χ4v) is 3.24. The van der Waals surface area contributed by atoms with Crippen LogP contribution >= 0.6 is 0 Å². The van der Waals surface area contributed by atoms with Crippen LogP contribution in [0, 0.1) is 0 Å². The average Bonchev–Trinajstić information content (AvgIpc) is 3.15. The number of hydrogen-bond donors (Lipinski definition) is 1. The second-order valence-electron chi connectivity index (χ2n) is 5.84. The zero-order valence-corrected chi connectivity index (χ0v) is 13.2. The van der Waals surface area contributed by atoms with E-state index in [1.165, 1.54) is 6.33 Å². The van der Waals surface area contributed by atoms with Crippen molar-refractivity contribution < 1.29 is 9.53 Å². The lowest BCUT2D eigenvalue weighted by Gasteiger charge is -2.35. The molecule has 0 aliphatic heterocycles. The molecule has 0 bridgehead atoms. The number of tetrazole rings is 1. The summed E-state index contributed by atoms with van der Waals surface area (Å²) in [6.45, 7) is 0.423. The van der Waals surface area contributed by atoms with E-state index in [0.29, 0.717) is 6.54 Å². The normalized spacial score (nSPS) is 16.7. The van der Waals surface area contributed by atoms with Crippen LogP contribution < -0.4 is 10.1 Å². The Labute approximate surface area is 135 Å². The van der Waals surface area contributed by atoms with Gasteiger partial charge < -0.3 is 10.1 Å². The van der Waals surface area contributed by atoms with Gasteiger partial charge in [-0.2, -0.15) is 0 Å². The molecular weight excluding hydrogens is 294 g/mol. The maximum absolute atomic E-state index is 12.9. The van der Waals surface area contributed by atoms with Crippen LogP contribution in [0.1, 0.15) is 37.7 Å². The number of nitrogens with zero attached hydrogens (tertiary/aromatic N) is 4. The lowest BCUT2D eigenvalue weighted by molar-refractivity contribution is -0.132. The number of benzene rings is 1. The summed E-state index contributed by atoms with van der Waals surface area (Å²) in [7, 11) is 1.63. The molecular formula is C16H21N5O2. The van der Waals surface area contributed by atoms with Crippen molar-refractivity contribution in [3.8, 4) is 5.75 Å². The summed E-state index contributed by atoms with van der Waals surface area (Å²) in [5.74, 6) is 0.739. The first-order valence-corrected chi connectivity index (χ1v) is 7.90. The predicted molar refractivity (Wildman–Crippen MR) is 83.7 cm³/mol. The zero-order chi connectivity index (χ0) is 16.1. The number of methoxy groups -OCH3 is 1. The third-order valence-electron chi connectivity index (χ3n) is 4.52. The van der Waals surface area contributed by atoms with Crippen LogP contribution in [0.5, 0.6) is 5.75 Å². The monoisotopic (exact) mass is 315 g/mol. The van der Waals surface area contributed by atoms with Crippen molar-refractivity contribution in [2.75, 3.05) is 7.11 Å². The molecule has 1 fully saturated rings. The third-order valence-corrected chi connectivity index (χ3v) is 4.52. The van der Waals surface area contributed by atoms with E-state index in [2.05, 4.69) is 20.8 Å². The van der Waals surface area contributed by atoms with E-state index in [1.54, 1.807) is 11.8 Å². The van der Waals surface area contributed by atoms with Crippen molar-refractivity contribution in [3.05, 3.63) is 36.2 Å². The molecule has 1 aliphatic rings. The van der Waals surface area contributed by atoms with Gasteiger partial charge in [-0.3, -0.25) is 4.79 Å². The van der Waals surface area contributed by atoms with Crippen LogP contribution in [-0.2, 0) is 16.9 Å². The van der Waals surface area contributed by atoms with Gasteiger partial charge in [0.15, 0.2) is 0 Å². The van der Waals surface area contributed by atoms with E-state index in [1.807, 2.05) is 24.3 Å². The van der Waals surface area contributed by atoms with Crippen LogP contribution in [0.25, 0.3) is 0 Å². The standard InChI is InChI=1S/C16H21N5O2/c1-23-14-8-4-3-7-13(14)11-17-15(22)16(9-5-2-6-10-16)21-12-18-19-20-21/h3-4,7-8,12H,2,5-6,9-11H2,1H3,(H,17,22). The molecule has 0 saturated heterocycles. The van der Waals surface area contributed by atoms with Gasteiger partial charge in [0.05, 0.1) is 7.11 Å². The highest BCUT2D eigenvalue weighted by molar-refractivity contribution is 5.84. The van der Waals surface area contributed by atoms with Crippen LogP contribution in [0.15, 0.2) is 30.6 Å². The van der Waals surface area contributed by atoms with Crippen molar-refractivity contribution >= 4 is 5.91 Å². The lowest BCUT2D eigenvalue weighted by Crippen LogP contribution is -2.50. The summed E-state index contributed by atoms with van der Waals surface area (Å²) >= 11 is 0. The molecule has 3 rings (SSSR count). The van der Waals surface area contributed by atoms with Crippen molar-refractivity contribution in [2.24, 2.45) is 0 Å². The molecule has 2 aromatic rings. The van der Waals surface area contributed by atoms with Crippen LogP contribution in [0.3, 0.4) is 0 Å². The highest BCUT2D eigenvalue weighted by atomic mass is 16.5. The van der Waals surface area contributed by atoms with E-state index in [9.17, 15) is 4.79 Å². The van der Waals surface area contributed by atoms with Crippen LogP contribution in [0.2, 0.25) is 0 Å². The van der Waals surface area contributed by atoms with Crippen molar-refractivity contribution in [1.82, 2.24) is 25.5 Å². The summed E-state index contributed by atoms with van der Waals surface area (Å²) < 4.78 is 6.95. The molecule has 0 atom stereocenters. The van der Waals surface area contributed by atoms with Crippen molar-refractivity contribution in [2.45, 2.75) is 44.2 Å². The van der Waals surface area contributed by atoms with Gasteiger partial charge in [-0.1, -0.05) is 37.5 Å². The van der Waals surface area contributed by atoms with Gasteiger partial charge in [-0.05, 0) is 29.3 Å². The smallest absolute Gasteiger partial charge is 0.248 e. The van der Waals surface area contributed by atoms with Crippen LogP contribution in [-0.4, -0.2) is 33.2 Å². The Hall–Kier alpha value is -2.44. The molecule has 7 nitrogen and oxygen atoms in total. The Balaban J connectivity index is 1.77. The SMILES string of the molecule is COc1ccccc1CNC(=O)C1(n2cnnn2)CCCCC1. The Bertz CT molecular complexity index is 650. The first-order valence-electron chi connectivity index (χ1n) is 7.90. The minimum atomic E-state index is -0.677. The Morgan fingerprint density at radius 1 is 1.30 bits per heavy atom. The van der Waals surface area contributed by atoms with Gasteiger partial charge >= 0.3 is 0 Å². The minimum absolute atomic E-state index is 0.0320. The Morgan fingerprint density at radius 2 is 2.09 bits per heavy atom. The number of aromatic nitrogens is 4. The number of carbonyl (C=O) groups excluding carboxylic acids is 1. The Morgan fingerprint density at radius 3 is 2.78 bits per heavy atom. The number of ether oxygens (including phenoxy) is 1. The largest absolute Gasteiger partial charge is 0.496 e. The number of hydrogen-bond acceptors (Lipinski definition) is 5. The molecule has 1 heterocycles. The maximum atomic E-state index is 12.9. The molecule has 1 amide bonds. The highest BCUT2D eigenvalue weighted by Crippen LogP contribution is 2.34. The highest BCUT2D eigenvalue weighted by Gasteiger charge is 2.42. The fourth-order valence-electron chi connectivity index (χ4n) is 3.24. The van der Waals surface area contributed by atoms with E-state index < -0.39 is 5.54 Å². The Kier molecular flexibility index (Phi) is 4.55. The van der Waals surface area contributed by atoms with Gasteiger partial charge in [-0.25, -0.2) is 4.68 Å². The van der Waals surface area contributed by atoms with Crippen molar-refractivity contribution in [1.29, 1.82) is 0 Å². The fraction of sp³-hybridized carbons (Fsp3) is 0.500. The number of nitrogens with one attached hydrogen (secondary N) is 1. The minimum Gasteiger partial charge on any atom is -0.496 e. The summed E-state index contributed by atoms with van der Waals surface area (Å²) in [5.41, 5.74) is 0.273. The second kappa shape index (κ2) is 6.76. The van der Waals surface area contributed by atoms with Gasteiger partial charge in [0.2, 0.25) is 5.91 Å². The number of carbonyl (C=O) groups is 1. The first-order chi connectivity index (χ1) is 11.3. The van der Waals surface area contributed by atoms with Gasteiger partial charge in [-0.15, -0.1) is 5.10 Å². The molecule has 1 aliphatic carbocycles. The quantitative estimate of drug-likeness (QED) is 0.907. The maximum Gasteiger partial charge on any atom is 0.248 e. The topological polar surface area (TPSA) is 81.9 Å². The molecule has 1 saturated carbocycles. The van der Waals surface area contributed by atoms with E-state index >= 15 is 0 Å². The lowest BCUT2D eigenvalue weighted by atomic mass is 9.81. The molecule has 7 heteroatoms. The second-order valence-corrected chi connectivity index (χ2v) is 5.84. The van der Waals surface area contributed by atoms with Crippen LogP contribution in [0.4, 0.5) is 0 Å².